The standard InChI is InChI=1S/C7H7.Zn/c1-7-5-3-2-4-6-7;/h2-6H,1H2;. The van der Waals surface area contributed by atoms with E-state index in [1.807, 2.05) is 0 Å². The van der Waals surface area contributed by atoms with Crippen molar-refractivity contribution in [2.45, 2.75) is 5.02 Å². The number of hydrogen-bond acceptors (Lipinski definition) is 0. The molecule has 0 amide bonds. The summed E-state index contributed by atoms with van der Waals surface area (Å²) in [7, 11) is 0. The minimum absolute atomic E-state index is 1.26. The van der Waals surface area contributed by atoms with Crippen LogP contribution in [0.15, 0.2) is 30.3 Å². The van der Waals surface area contributed by atoms with E-state index < -0.39 is 0 Å². The second-order valence-electron chi connectivity index (χ2n) is 1.74. The molecule has 0 heterocycles. The van der Waals surface area contributed by atoms with Gasteiger partial charge in [0.05, 0.1) is 0 Å². The Morgan fingerprint density at radius 1 is 1.12 bits per heavy atom. The molecule has 0 nitrogen and oxygen atoms in total. The van der Waals surface area contributed by atoms with E-state index in [0.717, 1.165) is 0 Å². The first-order chi connectivity index (χ1) is 3.93. The van der Waals surface area contributed by atoms with Gasteiger partial charge in [-0.2, -0.15) is 0 Å². The Morgan fingerprint density at radius 3 is 2.12 bits per heavy atom. The van der Waals surface area contributed by atoms with E-state index in [1.54, 1.807) is 0 Å². The van der Waals surface area contributed by atoms with Crippen LogP contribution in [0.4, 0.5) is 0 Å². The minimum atomic E-state index is 1.26. The summed E-state index contributed by atoms with van der Waals surface area (Å²) in [6.07, 6.45) is 0. The third-order valence-corrected chi connectivity index (χ3v) is 2.34. The van der Waals surface area contributed by atoms with E-state index in [4.69, 9.17) is 0 Å². The fraction of sp³-hybridized carbons (Fsp3) is 0.143. The normalized spacial score (nSPS) is 9.25. The van der Waals surface area contributed by atoms with Gasteiger partial charge in [0, 0.05) is 0 Å². The SMILES string of the molecule is [Zn][CH2]c1ccccc1. The molecule has 0 spiro atoms. The molecule has 0 atom stereocenters. The molecule has 0 saturated carbocycles. The van der Waals surface area contributed by atoms with Gasteiger partial charge in [-0.3, -0.25) is 0 Å². The van der Waals surface area contributed by atoms with Crippen LogP contribution in [0, 0.1) is 0 Å². The summed E-state index contributed by atoms with van der Waals surface area (Å²) in [5.74, 6) is 0. The van der Waals surface area contributed by atoms with E-state index in [0.29, 0.717) is 0 Å². The van der Waals surface area contributed by atoms with Gasteiger partial charge in [-0.05, 0) is 0 Å². The molecule has 1 rings (SSSR count). The van der Waals surface area contributed by atoms with Gasteiger partial charge in [0.15, 0.2) is 0 Å². The van der Waals surface area contributed by atoms with Crippen LogP contribution in [0.3, 0.4) is 0 Å². The Morgan fingerprint density at radius 2 is 1.75 bits per heavy atom. The van der Waals surface area contributed by atoms with Crippen molar-refractivity contribution in [1.82, 2.24) is 0 Å². The van der Waals surface area contributed by atoms with Crippen molar-refractivity contribution in [1.29, 1.82) is 0 Å². The molecule has 8 heavy (non-hydrogen) atoms. The van der Waals surface area contributed by atoms with Gasteiger partial charge in [0.25, 0.3) is 0 Å². The molecule has 0 aromatic heterocycles. The van der Waals surface area contributed by atoms with Crippen LogP contribution in [0.5, 0.6) is 0 Å². The quantitative estimate of drug-likeness (QED) is 0.544. The molecule has 37 valence electrons. The summed E-state index contributed by atoms with van der Waals surface area (Å²) in [5.41, 5.74) is 1.47. The average Bonchev–Trinajstić information content (AvgIpc) is 1.90. The van der Waals surface area contributed by atoms with E-state index in [1.165, 1.54) is 28.9 Å². The second kappa shape index (κ2) is 2.99. The van der Waals surface area contributed by atoms with E-state index in [-0.39, 0.29) is 0 Å². The Balaban J connectivity index is 2.83. The first-order valence-corrected chi connectivity index (χ1v) is 4.86. The summed E-state index contributed by atoms with van der Waals surface area (Å²) in [4.78, 5) is 0. The fourth-order valence-corrected chi connectivity index (χ4v) is 1.34. The molecule has 1 aromatic carbocycles. The summed E-state index contributed by atoms with van der Waals surface area (Å²) < 4.78 is 0. The predicted octanol–water partition coefficient (Wildman–Crippen LogP) is 1.73. The molecular formula is C7H7Zn. The van der Waals surface area contributed by atoms with Gasteiger partial charge < -0.3 is 0 Å². The van der Waals surface area contributed by atoms with Gasteiger partial charge in [0.1, 0.15) is 0 Å². The molecule has 0 saturated heterocycles. The predicted molar refractivity (Wildman–Crippen MR) is 30.1 cm³/mol. The van der Waals surface area contributed by atoms with Gasteiger partial charge in [-0.1, -0.05) is 0 Å². The Labute approximate surface area is 59.6 Å². The van der Waals surface area contributed by atoms with Crippen LogP contribution in [-0.4, -0.2) is 0 Å². The van der Waals surface area contributed by atoms with E-state index in [9.17, 15) is 0 Å². The Kier molecular flexibility index (Phi) is 2.23. The van der Waals surface area contributed by atoms with Crippen molar-refractivity contribution >= 4 is 0 Å². The van der Waals surface area contributed by atoms with Gasteiger partial charge in [-0.15, -0.1) is 0 Å². The first kappa shape index (κ1) is 5.97. The molecule has 0 radical (unpaired) electrons. The van der Waals surface area contributed by atoms with Crippen molar-refractivity contribution in [2.75, 3.05) is 0 Å². The topological polar surface area (TPSA) is 0 Å². The third kappa shape index (κ3) is 1.41. The zero-order valence-corrected chi connectivity index (χ0v) is 7.77. The monoisotopic (exact) mass is 155 g/mol. The number of hydrogen-bond donors (Lipinski definition) is 0. The maximum atomic E-state index is 2.17. The molecule has 1 aromatic rings. The molecular weight excluding hydrogens is 149 g/mol. The van der Waals surface area contributed by atoms with Gasteiger partial charge in [0.2, 0.25) is 0 Å². The Hall–Kier alpha value is -0.157. The van der Waals surface area contributed by atoms with Crippen LogP contribution >= 0.6 is 0 Å². The molecule has 0 aliphatic heterocycles. The van der Waals surface area contributed by atoms with Gasteiger partial charge >= 0.3 is 59.2 Å². The van der Waals surface area contributed by atoms with Crippen molar-refractivity contribution in [3.63, 3.8) is 0 Å². The van der Waals surface area contributed by atoms with Crippen molar-refractivity contribution in [2.24, 2.45) is 0 Å². The zero-order valence-electron chi connectivity index (χ0n) is 4.80. The molecule has 0 fully saturated rings. The Bertz CT molecular complexity index is 146. The molecule has 0 aliphatic carbocycles. The van der Waals surface area contributed by atoms with Crippen molar-refractivity contribution in [3.8, 4) is 0 Å². The molecule has 0 unspecified atom stereocenters. The van der Waals surface area contributed by atoms with Crippen LogP contribution in [0.2, 0.25) is 0 Å². The second-order valence-corrected chi connectivity index (χ2v) is 2.78. The summed E-state index contributed by atoms with van der Waals surface area (Å²) in [5, 5.41) is 1.26. The number of benzene rings is 1. The van der Waals surface area contributed by atoms with Crippen LogP contribution in [0.1, 0.15) is 5.56 Å². The zero-order chi connectivity index (χ0) is 5.82. The molecule has 0 aliphatic rings. The fourth-order valence-electron chi connectivity index (χ4n) is 0.645. The van der Waals surface area contributed by atoms with Crippen molar-refractivity contribution < 1.29 is 18.3 Å². The van der Waals surface area contributed by atoms with Crippen LogP contribution in [0.25, 0.3) is 0 Å². The first-order valence-electron chi connectivity index (χ1n) is 2.76. The summed E-state index contributed by atoms with van der Waals surface area (Å²) >= 11 is 1.37. The average molecular weight is 157 g/mol. The van der Waals surface area contributed by atoms with Crippen LogP contribution < -0.4 is 0 Å². The van der Waals surface area contributed by atoms with Crippen LogP contribution in [-0.2, 0) is 23.3 Å². The third-order valence-electron chi connectivity index (χ3n) is 1.13. The number of rotatable bonds is 1. The summed E-state index contributed by atoms with van der Waals surface area (Å²) in [6.45, 7) is 0. The van der Waals surface area contributed by atoms with E-state index >= 15 is 0 Å². The molecule has 0 bridgehead atoms. The van der Waals surface area contributed by atoms with E-state index in [2.05, 4.69) is 30.3 Å². The molecule has 1 heteroatoms. The summed E-state index contributed by atoms with van der Waals surface area (Å²) in [6, 6.07) is 10.6. The van der Waals surface area contributed by atoms with Gasteiger partial charge in [-0.25, -0.2) is 0 Å². The maximum absolute atomic E-state index is 2.17. The van der Waals surface area contributed by atoms with Crippen molar-refractivity contribution in [3.05, 3.63) is 35.9 Å². The molecule has 0 N–H and O–H groups in total.